The van der Waals surface area contributed by atoms with Crippen LogP contribution < -0.4 is 14.8 Å². The fourth-order valence-electron chi connectivity index (χ4n) is 4.02. The summed E-state index contributed by atoms with van der Waals surface area (Å²) in [4.78, 5) is 12.6. The van der Waals surface area contributed by atoms with Crippen LogP contribution in [-0.2, 0) is 21.2 Å². The van der Waals surface area contributed by atoms with E-state index in [1.807, 2.05) is 32.0 Å². The van der Waals surface area contributed by atoms with E-state index in [9.17, 15) is 13.2 Å². The van der Waals surface area contributed by atoms with Crippen LogP contribution in [0.15, 0.2) is 71.6 Å². The van der Waals surface area contributed by atoms with E-state index < -0.39 is 10.0 Å². The maximum atomic E-state index is 12.7. The van der Waals surface area contributed by atoms with Crippen LogP contribution in [0.1, 0.15) is 41.1 Å². The van der Waals surface area contributed by atoms with Gasteiger partial charge in [0.1, 0.15) is 5.75 Å². The summed E-state index contributed by atoms with van der Waals surface area (Å²) in [6.45, 7) is 3.77. The van der Waals surface area contributed by atoms with Crippen LogP contribution in [0, 0.1) is 13.8 Å². The van der Waals surface area contributed by atoms with Crippen molar-refractivity contribution in [1.29, 1.82) is 0 Å². The van der Waals surface area contributed by atoms with E-state index in [1.54, 1.807) is 24.3 Å². The zero-order chi connectivity index (χ0) is 23.4. The molecule has 6 nitrogen and oxygen atoms in total. The predicted molar refractivity (Wildman–Crippen MR) is 129 cm³/mol. The third-order valence-electron chi connectivity index (χ3n) is 5.97. The topological polar surface area (TPSA) is 84.5 Å². The zero-order valence-electron chi connectivity index (χ0n) is 18.8. The van der Waals surface area contributed by atoms with Crippen LogP contribution >= 0.6 is 0 Å². The lowest BCUT2D eigenvalue weighted by atomic mass is 9.88. The second-order valence-corrected chi connectivity index (χ2v) is 10.1. The number of sulfonamides is 1. The molecule has 0 aromatic heterocycles. The molecule has 0 saturated carbocycles. The van der Waals surface area contributed by atoms with Crippen molar-refractivity contribution in [2.45, 2.75) is 44.0 Å². The van der Waals surface area contributed by atoms with E-state index >= 15 is 0 Å². The van der Waals surface area contributed by atoms with E-state index in [0.717, 1.165) is 30.4 Å². The van der Waals surface area contributed by atoms with Gasteiger partial charge in [0.05, 0.1) is 10.9 Å². The minimum absolute atomic E-state index is 0.00458. The van der Waals surface area contributed by atoms with Crippen molar-refractivity contribution in [2.24, 2.45) is 0 Å². The lowest BCUT2D eigenvalue weighted by molar-refractivity contribution is -0.124. The molecule has 1 aliphatic carbocycles. The molecule has 0 fully saturated rings. The van der Waals surface area contributed by atoms with Gasteiger partial charge in [0, 0.05) is 5.69 Å². The highest BCUT2D eigenvalue weighted by atomic mass is 32.2. The lowest BCUT2D eigenvalue weighted by Gasteiger charge is -2.26. The van der Waals surface area contributed by atoms with Gasteiger partial charge in [0.15, 0.2) is 6.61 Å². The van der Waals surface area contributed by atoms with Crippen LogP contribution in [0.2, 0.25) is 0 Å². The van der Waals surface area contributed by atoms with Crippen molar-refractivity contribution >= 4 is 21.6 Å². The summed E-state index contributed by atoms with van der Waals surface area (Å²) in [6, 6.07) is 19.6. The van der Waals surface area contributed by atoms with Gasteiger partial charge in [-0.25, -0.2) is 8.42 Å². The van der Waals surface area contributed by atoms with Crippen LogP contribution in [0.5, 0.6) is 5.75 Å². The van der Waals surface area contributed by atoms with Crippen molar-refractivity contribution in [3.05, 3.63) is 89.0 Å². The smallest absolute Gasteiger partial charge is 0.261 e. The number of nitrogens with one attached hydrogen (secondary N) is 2. The maximum absolute atomic E-state index is 12.7. The molecule has 0 radical (unpaired) electrons. The van der Waals surface area contributed by atoms with Gasteiger partial charge in [-0.1, -0.05) is 30.3 Å². The summed E-state index contributed by atoms with van der Waals surface area (Å²) in [5, 5.41) is 3.05. The first kappa shape index (κ1) is 22.9. The number of amides is 1. The van der Waals surface area contributed by atoms with Crippen molar-refractivity contribution in [1.82, 2.24) is 5.32 Å². The van der Waals surface area contributed by atoms with Crippen molar-refractivity contribution in [3.63, 3.8) is 0 Å². The van der Waals surface area contributed by atoms with E-state index in [2.05, 4.69) is 22.2 Å². The monoisotopic (exact) mass is 464 g/mol. The summed E-state index contributed by atoms with van der Waals surface area (Å²) in [5.41, 5.74) is 5.06. The Balaban J connectivity index is 1.34. The molecule has 3 aromatic rings. The SMILES string of the molecule is Cc1ccc(NS(=O)(=O)c2ccc(OCC(=O)N[C@@H]3CCCc4ccccc43)cc2)cc1C. The molecule has 0 heterocycles. The third-order valence-corrected chi connectivity index (χ3v) is 7.36. The average molecular weight is 465 g/mol. The number of fused-ring (bicyclic) bond motifs is 1. The molecule has 0 spiro atoms. The van der Waals surface area contributed by atoms with Gasteiger partial charge in [-0.2, -0.15) is 0 Å². The van der Waals surface area contributed by atoms with Crippen molar-refractivity contribution in [2.75, 3.05) is 11.3 Å². The molecule has 4 rings (SSSR count). The van der Waals surface area contributed by atoms with Crippen LogP contribution in [0.25, 0.3) is 0 Å². The first-order valence-electron chi connectivity index (χ1n) is 11.0. The minimum atomic E-state index is -3.72. The van der Waals surface area contributed by atoms with Gasteiger partial charge in [-0.15, -0.1) is 0 Å². The van der Waals surface area contributed by atoms with E-state index in [-0.39, 0.29) is 23.5 Å². The summed E-state index contributed by atoms with van der Waals surface area (Å²) in [6.07, 6.45) is 2.98. The molecule has 7 heteroatoms. The molecule has 172 valence electrons. The number of ether oxygens (including phenoxy) is 1. The Labute approximate surface area is 195 Å². The highest BCUT2D eigenvalue weighted by Gasteiger charge is 2.21. The number of anilines is 1. The lowest BCUT2D eigenvalue weighted by Crippen LogP contribution is -2.34. The Kier molecular flexibility index (Phi) is 6.70. The molecule has 0 unspecified atom stereocenters. The molecule has 1 amide bonds. The molecular weight excluding hydrogens is 436 g/mol. The zero-order valence-corrected chi connectivity index (χ0v) is 19.6. The highest BCUT2D eigenvalue weighted by Crippen LogP contribution is 2.29. The summed E-state index contributed by atoms with van der Waals surface area (Å²) >= 11 is 0. The fourth-order valence-corrected chi connectivity index (χ4v) is 5.07. The van der Waals surface area contributed by atoms with Gasteiger partial charge >= 0.3 is 0 Å². The number of hydrogen-bond donors (Lipinski definition) is 2. The Morgan fingerprint density at radius 3 is 2.52 bits per heavy atom. The van der Waals surface area contributed by atoms with Crippen LogP contribution in [0.3, 0.4) is 0 Å². The maximum Gasteiger partial charge on any atom is 0.261 e. The minimum Gasteiger partial charge on any atom is -0.484 e. The molecule has 33 heavy (non-hydrogen) atoms. The van der Waals surface area contributed by atoms with Gasteiger partial charge in [-0.3, -0.25) is 9.52 Å². The average Bonchev–Trinajstić information content (AvgIpc) is 2.80. The predicted octanol–water partition coefficient (Wildman–Crippen LogP) is 4.68. The first-order chi connectivity index (χ1) is 15.8. The molecule has 2 N–H and O–H groups in total. The van der Waals surface area contributed by atoms with Crippen LogP contribution in [-0.4, -0.2) is 20.9 Å². The van der Waals surface area contributed by atoms with Crippen molar-refractivity contribution < 1.29 is 17.9 Å². The van der Waals surface area contributed by atoms with Crippen LogP contribution in [0.4, 0.5) is 5.69 Å². The number of rotatable bonds is 7. The molecule has 1 aliphatic rings. The standard InChI is InChI=1S/C26H28N2O4S/c1-18-10-11-21(16-19(18)2)28-33(30,31)23-14-12-22(13-15-23)32-17-26(29)27-25-9-5-7-20-6-3-4-8-24(20)25/h3-4,6,8,10-16,25,28H,5,7,9,17H2,1-2H3,(H,27,29)/t25-/m1/s1. The third kappa shape index (κ3) is 5.54. The Morgan fingerprint density at radius 2 is 1.76 bits per heavy atom. The quantitative estimate of drug-likeness (QED) is 0.532. The number of benzene rings is 3. The summed E-state index contributed by atoms with van der Waals surface area (Å²) in [5.74, 6) is 0.226. The van der Waals surface area contributed by atoms with E-state index in [4.69, 9.17) is 4.74 Å². The summed E-state index contributed by atoms with van der Waals surface area (Å²) < 4.78 is 33.5. The van der Waals surface area contributed by atoms with E-state index in [1.165, 1.54) is 23.3 Å². The fraction of sp³-hybridized carbons (Fsp3) is 0.269. The molecule has 0 bridgehead atoms. The second kappa shape index (κ2) is 9.67. The molecular formula is C26H28N2O4S. The Morgan fingerprint density at radius 1 is 1.00 bits per heavy atom. The van der Waals surface area contributed by atoms with Crippen molar-refractivity contribution in [3.8, 4) is 5.75 Å². The molecule has 1 atom stereocenters. The Bertz CT molecular complexity index is 1250. The number of carbonyl (C=O) groups is 1. The molecule has 0 aliphatic heterocycles. The number of carbonyl (C=O) groups excluding carboxylic acids is 1. The number of aryl methyl sites for hydroxylation is 3. The molecule has 0 saturated heterocycles. The normalized spacial score (nSPS) is 15.4. The summed E-state index contributed by atoms with van der Waals surface area (Å²) in [7, 11) is -3.72. The van der Waals surface area contributed by atoms with E-state index in [0.29, 0.717) is 11.4 Å². The largest absolute Gasteiger partial charge is 0.484 e. The second-order valence-electron chi connectivity index (χ2n) is 8.38. The first-order valence-corrected chi connectivity index (χ1v) is 12.5. The highest BCUT2D eigenvalue weighted by molar-refractivity contribution is 7.92. The molecule has 3 aromatic carbocycles. The van der Waals surface area contributed by atoms with Gasteiger partial charge in [0.2, 0.25) is 0 Å². The van der Waals surface area contributed by atoms with Gasteiger partial charge in [0.25, 0.3) is 15.9 Å². The van der Waals surface area contributed by atoms with Gasteiger partial charge < -0.3 is 10.1 Å². The Hall–Kier alpha value is -3.32. The number of hydrogen-bond acceptors (Lipinski definition) is 4. The van der Waals surface area contributed by atoms with Gasteiger partial charge in [-0.05, 0) is 91.8 Å².